The second-order valence-electron chi connectivity index (χ2n) is 4.70. The molecule has 0 radical (unpaired) electrons. The fraction of sp³-hybridized carbons (Fsp3) is 0.214. The molecule has 2 aromatic rings. The van der Waals surface area contributed by atoms with Gasteiger partial charge in [-0.05, 0) is 24.3 Å². The molecule has 0 fully saturated rings. The Morgan fingerprint density at radius 1 is 1.12 bits per heavy atom. The Bertz CT molecular complexity index is 765. The zero-order valence-corrected chi connectivity index (χ0v) is 13.9. The van der Waals surface area contributed by atoms with E-state index in [1.165, 1.54) is 22.9 Å². The SMILES string of the molecule is O=C(Cn1cccc1C(=O)C(Cl)(Cl)Cl)c1ccc(C(F)(F)F)cn1. The molecule has 128 valence electrons. The Morgan fingerprint density at radius 3 is 2.29 bits per heavy atom. The molecule has 4 nitrogen and oxygen atoms in total. The highest BCUT2D eigenvalue weighted by Gasteiger charge is 2.34. The average Bonchev–Trinajstić information content (AvgIpc) is 2.92. The van der Waals surface area contributed by atoms with Crippen LogP contribution in [0, 0.1) is 0 Å². The fourth-order valence-corrected chi connectivity index (χ4v) is 2.16. The van der Waals surface area contributed by atoms with Crippen molar-refractivity contribution in [3.8, 4) is 0 Å². The van der Waals surface area contributed by atoms with E-state index in [0.717, 1.165) is 12.1 Å². The number of alkyl halides is 6. The summed E-state index contributed by atoms with van der Waals surface area (Å²) in [7, 11) is 0. The molecule has 0 atom stereocenters. The van der Waals surface area contributed by atoms with E-state index < -0.39 is 27.1 Å². The summed E-state index contributed by atoms with van der Waals surface area (Å²) < 4.78 is 36.5. The molecule has 0 bridgehead atoms. The highest BCUT2D eigenvalue weighted by atomic mass is 35.6. The van der Waals surface area contributed by atoms with Gasteiger partial charge in [-0.15, -0.1) is 0 Å². The molecule has 0 spiro atoms. The topological polar surface area (TPSA) is 52.0 Å². The lowest BCUT2D eigenvalue weighted by atomic mass is 10.2. The number of rotatable bonds is 4. The Morgan fingerprint density at radius 2 is 1.79 bits per heavy atom. The van der Waals surface area contributed by atoms with Crippen molar-refractivity contribution in [3.05, 3.63) is 53.6 Å². The van der Waals surface area contributed by atoms with Gasteiger partial charge in [-0.2, -0.15) is 13.2 Å². The minimum Gasteiger partial charge on any atom is -0.337 e. The second-order valence-corrected chi connectivity index (χ2v) is 6.98. The summed E-state index contributed by atoms with van der Waals surface area (Å²) in [4.78, 5) is 27.6. The quantitative estimate of drug-likeness (QED) is 0.568. The normalized spacial score (nSPS) is 12.2. The standard InChI is InChI=1S/C14H8Cl3F3N2O2/c15-13(16,17)12(24)10-2-1-5-22(10)7-11(23)9-4-3-8(6-21-9)14(18,19)20/h1-6H,7H2. The van der Waals surface area contributed by atoms with E-state index in [9.17, 15) is 22.8 Å². The number of Topliss-reactive ketones (excluding diaryl/α,β-unsaturated/α-hetero) is 2. The van der Waals surface area contributed by atoms with E-state index in [2.05, 4.69) is 4.98 Å². The van der Waals surface area contributed by atoms with Crippen LogP contribution in [0.15, 0.2) is 36.7 Å². The van der Waals surface area contributed by atoms with Gasteiger partial charge < -0.3 is 4.57 Å². The molecule has 2 aromatic heterocycles. The lowest BCUT2D eigenvalue weighted by molar-refractivity contribution is -0.137. The van der Waals surface area contributed by atoms with Crippen LogP contribution in [0.4, 0.5) is 13.2 Å². The first-order valence-corrected chi connectivity index (χ1v) is 7.46. The Hall–Kier alpha value is -1.57. The molecule has 0 aliphatic rings. The predicted molar refractivity (Wildman–Crippen MR) is 82.6 cm³/mol. The monoisotopic (exact) mass is 398 g/mol. The molecule has 0 unspecified atom stereocenters. The molecule has 2 rings (SSSR count). The Kier molecular flexibility index (Phi) is 5.27. The molecular formula is C14H8Cl3F3N2O2. The number of pyridine rings is 1. The fourth-order valence-electron chi connectivity index (χ4n) is 1.87. The van der Waals surface area contributed by atoms with Gasteiger partial charge >= 0.3 is 6.18 Å². The van der Waals surface area contributed by atoms with Gasteiger partial charge in [0.2, 0.25) is 11.6 Å². The minimum absolute atomic E-state index is 0.0183. The molecule has 0 amide bonds. The molecule has 0 saturated carbocycles. The maximum atomic E-state index is 12.5. The summed E-state index contributed by atoms with van der Waals surface area (Å²) in [6.45, 7) is -0.340. The van der Waals surface area contributed by atoms with Crippen LogP contribution >= 0.6 is 34.8 Å². The number of halogens is 6. The van der Waals surface area contributed by atoms with Crippen LogP contribution in [0.5, 0.6) is 0 Å². The first-order chi connectivity index (χ1) is 11.0. The summed E-state index contributed by atoms with van der Waals surface area (Å²) >= 11 is 16.6. The Balaban J connectivity index is 2.20. The Labute approximate surface area is 149 Å². The van der Waals surface area contributed by atoms with Gasteiger partial charge in [0.25, 0.3) is 3.79 Å². The molecular weight excluding hydrogens is 392 g/mol. The van der Waals surface area contributed by atoms with Crippen molar-refractivity contribution in [1.29, 1.82) is 0 Å². The molecule has 0 aromatic carbocycles. The zero-order chi connectivity index (χ0) is 18.1. The molecule has 0 saturated heterocycles. The van der Waals surface area contributed by atoms with Gasteiger partial charge in [-0.25, -0.2) is 0 Å². The van der Waals surface area contributed by atoms with Crippen molar-refractivity contribution in [2.24, 2.45) is 0 Å². The highest BCUT2D eigenvalue weighted by molar-refractivity contribution is 6.77. The van der Waals surface area contributed by atoms with Crippen molar-refractivity contribution in [3.63, 3.8) is 0 Å². The predicted octanol–water partition coefficient (Wildman–Crippen LogP) is 4.34. The first kappa shape index (κ1) is 18.8. The third-order valence-electron chi connectivity index (χ3n) is 3.01. The van der Waals surface area contributed by atoms with Gasteiger partial charge in [-0.3, -0.25) is 14.6 Å². The number of nitrogens with zero attached hydrogens (tertiary/aromatic N) is 2. The minimum atomic E-state index is -4.54. The van der Waals surface area contributed by atoms with E-state index in [1.54, 1.807) is 0 Å². The lowest BCUT2D eigenvalue weighted by Crippen LogP contribution is -2.24. The molecule has 24 heavy (non-hydrogen) atoms. The smallest absolute Gasteiger partial charge is 0.337 e. The van der Waals surface area contributed by atoms with Crippen LogP contribution in [-0.2, 0) is 12.7 Å². The number of ketones is 2. The molecule has 0 aliphatic heterocycles. The zero-order valence-electron chi connectivity index (χ0n) is 11.6. The van der Waals surface area contributed by atoms with Crippen LogP contribution in [0.3, 0.4) is 0 Å². The van der Waals surface area contributed by atoms with Crippen molar-refractivity contribution in [2.45, 2.75) is 16.5 Å². The number of carbonyl (C=O) groups is 2. The van der Waals surface area contributed by atoms with Gasteiger partial charge in [0.05, 0.1) is 17.8 Å². The van der Waals surface area contributed by atoms with Crippen LogP contribution in [-0.4, -0.2) is 24.9 Å². The molecule has 2 heterocycles. The largest absolute Gasteiger partial charge is 0.417 e. The van der Waals surface area contributed by atoms with Crippen molar-refractivity contribution >= 4 is 46.4 Å². The summed E-state index contributed by atoms with van der Waals surface area (Å²) in [6, 6.07) is 4.54. The number of carbonyl (C=O) groups excluding carboxylic acids is 2. The molecule has 0 N–H and O–H groups in total. The van der Waals surface area contributed by atoms with E-state index in [4.69, 9.17) is 34.8 Å². The van der Waals surface area contributed by atoms with Gasteiger partial charge in [0.15, 0.2) is 0 Å². The summed E-state index contributed by atoms with van der Waals surface area (Å²) in [5.41, 5.74) is -1.16. The summed E-state index contributed by atoms with van der Waals surface area (Å²) in [5.74, 6) is -1.43. The maximum absolute atomic E-state index is 12.5. The van der Waals surface area contributed by atoms with Gasteiger partial charge in [0, 0.05) is 12.4 Å². The van der Waals surface area contributed by atoms with Crippen molar-refractivity contribution in [1.82, 2.24) is 9.55 Å². The third kappa shape index (κ3) is 4.28. The van der Waals surface area contributed by atoms with E-state index >= 15 is 0 Å². The van der Waals surface area contributed by atoms with Crippen molar-refractivity contribution in [2.75, 3.05) is 0 Å². The summed E-state index contributed by atoms with van der Waals surface area (Å²) in [5, 5.41) is 0. The van der Waals surface area contributed by atoms with Gasteiger partial charge in [-0.1, -0.05) is 34.8 Å². The van der Waals surface area contributed by atoms with Gasteiger partial charge in [0.1, 0.15) is 5.69 Å². The maximum Gasteiger partial charge on any atom is 0.417 e. The first-order valence-electron chi connectivity index (χ1n) is 6.33. The van der Waals surface area contributed by atoms with E-state index in [1.807, 2.05) is 0 Å². The molecule has 0 aliphatic carbocycles. The van der Waals surface area contributed by atoms with Crippen LogP contribution in [0.1, 0.15) is 26.5 Å². The van der Waals surface area contributed by atoms with Crippen LogP contribution < -0.4 is 0 Å². The lowest BCUT2D eigenvalue weighted by Gasteiger charge is -2.12. The van der Waals surface area contributed by atoms with Crippen LogP contribution in [0.25, 0.3) is 0 Å². The second kappa shape index (κ2) is 6.74. The number of hydrogen-bond acceptors (Lipinski definition) is 3. The van der Waals surface area contributed by atoms with E-state index in [-0.39, 0.29) is 17.9 Å². The molecule has 10 heteroatoms. The van der Waals surface area contributed by atoms with Crippen molar-refractivity contribution < 1.29 is 22.8 Å². The van der Waals surface area contributed by atoms with Crippen LogP contribution in [0.2, 0.25) is 0 Å². The van der Waals surface area contributed by atoms with E-state index in [0.29, 0.717) is 6.20 Å². The summed E-state index contributed by atoms with van der Waals surface area (Å²) in [6.07, 6.45) is -2.57. The average molecular weight is 400 g/mol. The number of aromatic nitrogens is 2. The highest BCUT2D eigenvalue weighted by Crippen LogP contribution is 2.31. The number of hydrogen-bond donors (Lipinski definition) is 0. The third-order valence-corrected chi connectivity index (χ3v) is 3.53.